The van der Waals surface area contributed by atoms with Gasteiger partial charge in [-0.05, 0) is 25.1 Å². The molecule has 0 bridgehead atoms. The Bertz CT molecular complexity index is 590. The molecule has 0 amide bonds. The molecule has 0 unspecified atom stereocenters. The summed E-state index contributed by atoms with van der Waals surface area (Å²) < 4.78 is 12.2. The highest BCUT2D eigenvalue weighted by atomic mass is 16.5. The second kappa shape index (κ2) is 5.75. The SMILES string of the molecule is COC(=O)c1c(OC)c2ccccc2n1CCCN. The van der Waals surface area contributed by atoms with E-state index in [1.54, 1.807) is 7.11 Å². The number of aryl methyl sites for hydroxylation is 1. The van der Waals surface area contributed by atoms with E-state index in [0.29, 0.717) is 24.5 Å². The van der Waals surface area contributed by atoms with E-state index in [0.717, 1.165) is 17.3 Å². The summed E-state index contributed by atoms with van der Waals surface area (Å²) in [6.07, 6.45) is 0.784. The average molecular weight is 262 g/mol. The minimum atomic E-state index is -0.398. The Hall–Kier alpha value is -2.01. The molecule has 2 rings (SSSR count). The Kier molecular flexibility index (Phi) is 4.06. The van der Waals surface area contributed by atoms with Gasteiger partial charge in [0.05, 0.1) is 19.7 Å². The number of nitrogens with zero attached hydrogens (tertiary/aromatic N) is 1. The molecule has 0 saturated carbocycles. The molecule has 2 N–H and O–H groups in total. The predicted octanol–water partition coefficient (Wildman–Crippen LogP) is 1.79. The number of hydrogen-bond acceptors (Lipinski definition) is 4. The van der Waals surface area contributed by atoms with Gasteiger partial charge in [-0.15, -0.1) is 0 Å². The molecule has 1 heterocycles. The lowest BCUT2D eigenvalue weighted by Gasteiger charge is -2.09. The van der Waals surface area contributed by atoms with Crippen LogP contribution in [0, 0.1) is 0 Å². The maximum Gasteiger partial charge on any atom is 0.358 e. The normalized spacial score (nSPS) is 10.7. The predicted molar refractivity (Wildman–Crippen MR) is 73.5 cm³/mol. The highest BCUT2D eigenvalue weighted by Crippen LogP contribution is 2.33. The minimum Gasteiger partial charge on any atom is -0.494 e. The second-order valence-electron chi connectivity index (χ2n) is 4.18. The Balaban J connectivity index is 2.69. The van der Waals surface area contributed by atoms with Crippen LogP contribution in [-0.2, 0) is 11.3 Å². The number of carbonyl (C=O) groups is 1. The van der Waals surface area contributed by atoms with Crippen molar-refractivity contribution in [2.75, 3.05) is 20.8 Å². The van der Waals surface area contributed by atoms with Crippen molar-refractivity contribution in [2.45, 2.75) is 13.0 Å². The lowest BCUT2D eigenvalue weighted by atomic mass is 10.2. The summed E-state index contributed by atoms with van der Waals surface area (Å²) in [7, 11) is 2.92. The lowest BCUT2D eigenvalue weighted by molar-refractivity contribution is 0.0585. The zero-order valence-electron chi connectivity index (χ0n) is 11.2. The summed E-state index contributed by atoms with van der Waals surface area (Å²) >= 11 is 0. The molecule has 0 atom stereocenters. The smallest absolute Gasteiger partial charge is 0.358 e. The van der Waals surface area contributed by atoms with Crippen LogP contribution in [-0.4, -0.2) is 31.3 Å². The highest BCUT2D eigenvalue weighted by molar-refractivity contribution is 6.01. The fourth-order valence-electron chi connectivity index (χ4n) is 2.26. The molecule has 1 aromatic carbocycles. The lowest BCUT2D eigenvalue weighted by Crippen LogP contribution is -2.14. The Morgan fingerprint density at radius 3 is 2.68 bits per heavy atom. The third-order valence-corrected chi connectivity index (χ3v) is 3.09. The van der Waals surface area contributed by atoms with Crippen molar-refractivity contribution < 1.29 is 14.3 Å². The number of fused-ring (bicyclic) bond motifs is 1. The molecule has 0 saturated heterocycles. The summed E-state index contributed by atoms with van der Waals surface area (Å²) in [5.74, 6) is 0.157. The van der Waals surface area contributed by atoms with Crippen molar-refractivity contribution in [3.63, 3.8) is 0 Å². The summed E-state index contributed by atoms with van der Waals surface area (Å²) in [6, 6.07) is 7.74. The topological polar surface area (TPSA) is 66.5 Å². The number of nitrogens with two attached hydrogens (primary N) is 1. The van der Waals surface area contributed by atoms with Crippen LogP contribution in [0.5, 0.6) is 5.75 Å². The van der Waals surface area contributed by atoms with Crippen LogP contribution in [0.4, 0.5) is 0 Å². The first-order valence-corrected chi connectivity index (χ1v) is 6.18. The number of para-hydroxylation sites is 1. The first-order valence-electron chi connectivity index (χ1n) is 6.18. The van der Waals surface area contributed by atoms with Gasteiger partial charge in [0.25, 0.3) is 0 Å². The van der Waals surface area contributed by atoms with Crippen LogP contribution >= 0.6 is 0 Å². The van der Waals surface area contributed by atoms with Crippen molar-refractivity contribution in [2.24, 2.45) is 5.73 Å². The van der Waals surface area contributed by atoms with Crippen LogP contribution in [0.25, 0.3) is 10.9 Å². The zero-order valence-corrected chi connectivity index (χ0v) is 11.2. The summed E-state index contributed by atoms with van der Waals surface area (Å²) in [5, 5.41) is 0.905. The maximum atomic E-state index is 12.0. The summed E-state index contributed by atoms with van der Waals surface area (Å²) in [5.41, 5.74) is 6.95. The Morgan fingerprint density at radius 1 is 1.32 bits per heavy atom. The Labute approximate surface area is 111 Å². The number of carbonyl (C=O) groups excluding carboxylic acids is 1. The van der Waals surface area contributed by atoms with Crippen molar-refractivity contribution in [3.05, 3.63) is 30.0 Å². The van der Waals surface area contributed by atoms with Crippen LogP contribution < -0.4 is 10.5 Å². The van der Waals surface area contributed by atoms with E-state index in [4.69, 9.17) is 15.2 Å². The zero-order chi connectivity index (χ0) is 13.8. The van der Waals surface area contributed by atoms with E-state index in [2.05, 4.69) is 0 Å². The third-order valence-electron chi connectivity index (χ3n) is 3.09. The van der Waals surface area contributed by atoms with Crippen LogP contribution in [0.3, 0.4) is 0 Å². The second-order valence-corrected chi connectivity index (χ2v) is 4.18. The number of hydrogen-bond donors (Lipinski definition) is 1. The van der Waals surface area contributed by atoms with E-state index in [1.807, 2.05) is 28.8 Å². The first-order chi connectivity index (χ1) is 9.24. The van der Waals surface area contributed by atoms with Gasteiger partial charge in [0.15, 0.2) is 11.4 Å². The van der Waals surface area contributed by atoms with Crippen LogP contribution in [0.1, 0.15) is 16.9 Å². The number of benzene rings is 1. The standard InChI is InChI=1S/C14H18N2O3/c1-18-13-10-6-3-4-7-11(10)16(9-5-8-15)12(13)14(17)19-2/h3-4,6-7H,5,8-9,15H2,1-2H3. The number of aromatic nitrogens is 1. The van der Waals surface area contributed by atoms with E-state index >= 15 is 0 Å². The van der Waals surface area contributed by atoms with Gasteiger partial charge in [-0.25, -0.2) is 4.79 Å². The van der Waals surface area contributed by atoms with Crippen LogP contribution in [0.15, 0.2) is 24.3 Å². The molecular weight excluding hydrogens is 244 g/mol. The number of rotatable bonds is 5. The van der Waals surface area contributed by atoms with E-state index in [1.165, 1.54) is 7.11 Å². The van der Waals surface area contributed by atoms with Crippen molar-refractivity contribution in [1.29, 1.82) is 0 Å². The molecule has 0 aliphatic carbocycles. The van der Waals surface area contributed by atoms with Crippen molar-refractivity contribution in [3.8, 4) is 5.75 Å². The van der Waals surface area contributed by atoms with E-state index in [9.17, 15) is 4.79 Å². The van der Waals surface area contributed by atoms with Gasteiger partial charge in [-0.2, -0.15) is 0 Å². The number of methoxy groups -OCH3 is 2. The molecule has 0 fully saturated rings. The largest absolute Gasteiger partial charge is 0.494 e. The highest BCUT2D eigenvalue weighted by Gasteiger charge is 2.23. The quantitative estimate of drug-likeness (QED) is 0.834. The van der Waals surface area contributed by atoms with Gasteiger partial charge in [0.2, 0.25) is 0 Å². The fourth-order valence-corrected chi connectivity index (χ4v) is 2.26. The van der Waals surface area contributed by atoms with Gasteiger partial charge < -0.3 is 19.8 Å². The maximum absolute atomic E-state index is 12.0. The van der Waals surface area contributed by atoms with Gasteiger partial charge >= 0.3 is 5.97 Å². The molecule has 102 valence electrons. The molecule has 0 aliphatic heterocycles. The molecule has 19 heavy (non-hydrogen) atoms. The molecule has 0 radical (unpaired) electrons. The van der Waals surface area contributed by atoms with Crippen molar-refractivity contribution in [1.82, 2.24) is 4.57 Å². The van der Waals surface area contributed by atoms with Gasteiger partial charge in [-0.3, -0.25) is 0 Å². The average Bonchev–Trinajstić information content (AvgIpc) is 2.77. The van der Waals surface area contributed by atoms with E-state index < -0.39 is 5.97 Å². The number of ether oxygens (including phenoxy) is 2. The van der Waals surface area contributed by atoms with Crippen LogP contribution in [0.2, 0.25) is 0 Å². The minimum absolute atomic E-state index is 0.398. The van der Waals surface area contributed by atoms with Crippen molar-refractivity contribution >= 4 is 16.9 Å². The van der Waals surface area contributed by atoms with Gasteiger partial charge in [0, 0.05) is 11.9 Å². The number of esters is 1. The van der Waals surface area contributed by atoms with Gasteiger partial charge in [0.1, 0.15) is 0 Å². The van der Waals surface area contributed by atoms with E-state index in [-0.39, 0.29) is 0 Å². The molecule has 0 spiro atoms. The van der Waals surface area contributed by atoms with Gasteiger partial charge in [-0.1, -0.05) is 12.1 Å². The monoisotopic (exact) mass is 262 g/mol. The molecular formula is C14H18N2O3. The Morgan fingerprint density at radius 2 is 2.05 bits per heavy atom. The molecule has 5 nitrogen and oxygen atoms in total. The third kappa shape index (κ3) is 2.29. The fraction of sp³-hybridized carbons (Fsp3) is 0.357. The molecule has 5 heteroatoms. The molecule has 0 aliphatic rings. The summed E-state index contributed by atoms with van der Waals surface area (Å²) in [6.45, 7) is 1.22. The summed E-state index contributed by atoms with van der Waals surface area (Å²) in [4.78, 5) is 12.0. The molecule has 2 aromatic rings. The molecule has 1 aromatic heterocycles. The first kappa shape index (κ1) is 13.4.